The number of aromatic nitrogens is 2. The molecule has 26 heavy (non-hydrogen) atoms. The molecular formula is C24H27N2+. The first kappa shape index (κ1) is 14.8. The summed E-state index contributed by atoms with van der Waals surface area (Å²) in [5.74, 6) is 0.598. The lowest BCUT2D eigenvalue weighted by atomic mass is 9.78. The predicted molar refractivity (Wildman–Crippen MR) is 106 cm³/mol. The molecule has 1 unspecified atom stereocenters. The zero-order chi connectivity index (χ0) is 18.8. The van der Waals surface area contributed by atoms with Gasteiger partial charge in [-0.05, 0) is 38.3 Å². The van der Waals surface area contributed by atoms with E-state index in [1.165, 1.54) is 53.8 Å². The molecule has 5 rings (SSSR count). The van der Waals surface area contributed by atoms with Crippen molar-refractivity contribution in [1.82, 2.24) is 4.57 Å². The highest BCUT2D eigenvalue weighted by Crippen LogP contribution is 2.52. The molecule has 2 nitrogen and oxygen atoms in total. The normalized spacial score (nSPS) is 22.3. The summed E-state index contributed by atoms with van der Waals surface area (Å²) < 4.78 is 13.7. The Hall–Kier alpha value is -2.35. The maximum atomic E-state index is 9.20. The van der Waals surface area contributed by atoms with Crippen LogP contribution in [0.15, 0.2) is 54.8 Å². The topological polar surface area (TPSA) is 8.81 Å². The Morgan fingerprint density at radius 1 is 1.04 bits per heavy atom. The number of aryl methyl sites for hydroxylation is 1. The first-order valence-electron chi connectivity index (χ1n) is 10.4. The fourth-order valence-corrected chi connectivity index (χ4v) is 5.33. The monoisotopic (exact) mass is 344 g/mol. The van der Waals surface area contributed by atoms with Crippen LogP contribution in [0.1, 0.15) is 50.8 Å². The number of imidazole rings is 1. The molecule has 0 radical (unpaired) electrons. The van der Waals surface area contributed by atoms with Gasteiger partial charge in [-0.3, -0.25) is 0 Å². The van der Waals surface area contributed by atoms with Crippen LogP contribution < -0.4 is 4.57 Å². The van der Waals surface area contributed by atoms with E-state index in [9.17, 15) is 1.37 Å². The summed E-state index contributed by atoms with van der Waals surface area (Å²) in [6.07, 6.45) is 5.73. The molecule has 0 saturated heterocycles. The molecule has 2 heteroatoms. The minimum atomic E-state index is -0.127. The molecule has 2 aliphatic rings. The third kappa shape index (κ3) is 1.96. The Labute approximate surface area is 157 Å². The van der Waals surface area contributed by atoms with Gasteiger partial charge in [0.25, 0.3) is 0 Å². The molecule has 132 valence electrons. The number of rotatable bonds is 2. The first-order valence-corrected chi connectivity index (χ1v) is 9.85. The quantitative estimate of drug-likeness (QED) is 0.557. The average Bonchev–Trinajstić information content (AvgIpc) is 3.35. The lowest BCUT2D eigenvalue weighted by Gasteiger charge is -2.30. The van der Waals surface area contributed by atoms with Crippen LogP contribution >= 0.6 is 0 Å². The molecule has 2 heterocycles. The standard InChI is InChI=1S/C24H27N2/c1-17-10-4-9-15-22(17)25-16-26-23(18(25)2)20-13-7-8-14-21(20)24(26,3)19-11-5-6-12-19/h4,7-10,13-16,19H,5-6,11-12H2,1-3H3/q+1/i16D. The number of benzene rings is 2. The molecule has 2 aromatic carbocycles. The fraction of sp³-hybridized carbons (Fsp3) is 0.375. The molecule has 0 spiro atoms. The van der Waals surface area contributed by atoms with Crippen molar-refractivity contribution < 1.29 is 5.94 Å². The Bertz CT molecular complexity index is 1040. The number of para-hydroxylation sites is 1. The van der Waals surface area contributed by atoms with E-state index in [1.807, 2.05) is 0 Å². The second-order valence-electron chi connectivity index (χ2n) is 8.17. The Morgan fingerprint density at radius 2 is 1.73 bits per heavy atom. The van der Waals surface area contributed by atoms with Crippen LogP contribution in [0.4, 0.5) is 0 Å². The van der Waals surface area contributed by atoms with Crippen LogP contribution in [0.5, 0.6) is 0 Å². The van der Waals surface area contributed by atoms with Crippen LogP contribution in [-0.2, 0) is 5.54 Å². The van der Waals surface area contributed by atoms with Crippen LogP contribution in [0, 0.1) is 19.8 Å². The summed E-state index contributed by atoms with van der Waals surface area (Å²) in [5.41, 5.74) is 7.31. The number of nitrogens with zero attached hydrogens (tertiary/aromatic N) is 2. The minimum absolute atomic E-state index is 0.127. The molecule has 0 amide bonds. The highest BCUT2D eigenvalue weighted by atomic mass is 15.2. The van der Waals surface area contributed by atoms with Crippen molar-refractivity contribution >= 4 is 0 Å². The summed E-state index contributed by atoms with van der Waals surface area (Å²) in [6.45, 7) is 6.68. The molecule has 0 N–H and O–H groups in total. The summed E-state index contributed by atoms with van der Waals surface area (Å²) >= 11 is 0. The third-order valence-electron chi connectivity index (χ3n) is 6.80. The molecule has 1 fully saturated rings. The lowest BCUT2D eigenvalue weighted by Crippen LogP contribution is -2.38. The Morgan fingerprint density at radius 3 is 2.50 bits per heavy atom. The van der Waals surface area contributed by atoms with Gasteiger partial charge in [0.05, 0.1) is 0 Å². The maximum absolute atomic E-state index is 9.20. The summed E-state index contributed by atoms with van der Waals surface area (Å²) in [7, 11) is 0. The van der Waals surface area contributed by atoms with E-state index in [4.69, 9.17) is 0 Å². The zero-order valence-corrected chi connectivity index (χ0v) is 15.9. The fourth-order valence-electron chi connectivity index (χ4n) is 5.33. The van der Waals surface area contributed by atoms with Gasteiger partial charge in [-0.25, -0.2) is 4.57 Å². The summed E-state index contributed by atoms with van der Waals surface area (Å²) in [4.78, 5) is 0. The van der Waals surface area contributed by atoms with Crippen LogP contribution in [-0.4, -0.2) is 4.57 Å². The summed E-state index contributed by atoms with van der Waals surface area (Å²) in [5, 5.41) is 0. The number of hydrogen-bond acceptors (Lipinski definition) is 0. The van der Waals surface area contributed by atoms with E-state index < -0.39 is 0 Å². The molecule has 1 aliphatic heterocycles. The van der Waals surface area contributed by atoms with Gasteiger partial charge in [0.2, 0.25) is 6.30 Å². The van der Waals surface area contributed by atoms with Crippen molar-refractivity contribution in [3.8, 4) is 16.9 Å². The number of fused-ring (bicyclic) bond motifs is 3. The number of hydrogen-bond donors (Lipinski definition) is 0. The highest BCUT2D eigenvalue weighted by Gasteiger charge is 2.51. The van der Waals surface area contributed by atoms with Gasteiger partial charge in [0.15, 0.2) is 12.8 Å². The molecule has 1 saturated carbocycles. The smallest absolute Gasteiger partial charge is 0.219 e. The average molecular weight is 345 g/mol. The van der Waals surface area contributed by atoms with Gasteiger partial charge in [0.1, 0.15) is 11.2 Å². The third-order valence-corrected chi connectivity index (χ3v) is 6.80. The Kier molecular flexibility index (Phi) is 3.17. The van der Waals surface area contributed by atoms with E-state index in [0.717, 1.165) is 5.69 Å². The van der Waals surface area contributed by atoms with Crippen molar-refractivity contribution in [2.75, 3.05) is 0 Å². The van der Waals surface area contributed by atoms with Crippen LogP contribution in [0.2, 0.25) is 0 Å². The van der Waals surface area contributed by atoms with Crippen molar-refractivity contribution in [3.05, 3.63) is 71.7 Å². The van der Waals surface area contributed by atoms with E-state index in [0.29, 0.717) is 12.2 Å². The van der Waals surface area contributed by atoms with Gasteiger partial charge >= 0.3 is 0 Å². The molecule has 0 bridgehead atoms. The summed E-state index contributed by atoms with van der Waals surface area (Å²) in [6, 6.07) is 17.2. The van der Waals surface area contributed by atoms with E-state index in [2.05, 4.69) is 78.4 Å². The van der Waals surface area contributed by atoms with Crippen molar-refractivity contribution in [2.24, 2.45) is 5.92 Å². The SMILES string of the molecule is [2H]c1n2c(c(C)[n+]1-c1ccccc1C)-c1ccccc1C2(C)C1CCCC1. The van der Waals surface area contributed by atoms with Crippen molar-refractivity contribution in [1.29, 1.82) is 0 Å². The lowest BCUT2D eigenvalue weighted by molar-refractivity contribution is -0.602. The second kappa shape index (κ2) is 5.57. The highest BCUT2D eigenvalue weighted by molar-refractivity contribution is 5.72. The maximum Gasteiger partial charge on any atom is 0.250 e. The van der Waals surface area contributed by atoms with Gasteiger partial charge in [-0.2, -0.15) is 4.57 Å². The Balaban J connectivity index is 1.84. The second-order valence-corrected chi connectivity index (χ2v) is 8.17. The van der Waals surface area contributed by atoms with Crippen molar-refractivity contribution in [2.45, 2.75) is 52.0 Å². The van der Waals surface area contributed by atoms with Crippen LogP contribution in [0.3, 0.4) is 0 Å². The van der Waals surface area contributed by atoms with Gasteiger partial charge in [0, 0.05) is 24.0 Å². The predicted octanol–water partition coefficient (Wildman–Crippen LogP) is 5.32. The largest absolute Gasteiger partial charge is 0.250 e. The molecule has 1 atom stereocenters. The van der Waals surface area contributed by atoms with Crippen LogP contribution in [0.25, 0.3) is 16.9 Å². The zero-order valence-electron chi connectivity index (χ0n) is 16.9. The first-order chi connectivity index (χ1) is 13.0. The molecular weight excluding hydrogens is 316 g/mol. The van der Waals surface area contributed by atoms with Gasteiger partial charge in [-0.1, -0.05) is 55.3 Å². The molecule has 1 aromatic heterocycles. The van der Waals surface area contributed by atoms with E-state index >= 15 is 0 Å². The van der Waals surface area contributed by atoms with Crippen molar-refractivity contribution in [3.63, 3.8) is 0 Å². The molecule has 1 aliphatic carbocycles. The van der Waals surface area contributed by atoms with Gasteiger partial charge in [-0.15, -0.1) is 0 Å². The van der Waals surface area contributed by atoms with E-state index in [1.54, 1.807) is 0 Å². The van der Waals surface area contributed by atoms with E-state index in [-0.39, 0.29) is 5.54 Å². The van der Waals surface area contributed by atoms with Gasteiger partial charge < -0.3 is 0 Å². The molecule has 3 aromatic rings. The minimum Gasteiger partial charge on any atom is -0.219 e.